The van der Waals surface area contributed by atoms with Crippen molar-refractivity contribution in [2.75, 3.05) is 0 Å². The van der Waals surface area contributed by atoms with Gasteiger partial charge in [0.1, 0.15) is 17.5 Å². The summed E-state index contributed by atoms with van der Waals surface area (Å²) >= 11 is 5.86. The Morgan fingerprint density at radius 2 is 2.05 bits per heavy atom. The number of hydrogen-bond donors (Lipinski definition) is 0. The van der Waals surface area contributed by atoms with Crippen LogP contribution in [0.3, 0.4) is 0 Å². The summed E-state index contributed by atoms with van der Waals surface area (Å²) < 4.78 is 5.91. The third-order valence-electron chi connectivity index (χ3n) is 3.25. The molecule has 1 unspecified atom stereocenters. The Kier molecular flexibility index (Phi) is 4.80. The van der Waals surface area contributed by atoms with E-state index in [4.69, 9.17) is 16.3 Å². The molecular formula is C16H18ClNO. The van der Waals surface area contributed by atoms with E-state index in [0.717, 1.165) is 17.7 Å². The molecule has 0 fully saturated rings. The van der Waals surface area contributed by atoms with Crippen molar-refractivity contribution in [3.8, 4) is 5.75 Å². The van der Waals surface area contributed by atoms with Gasteiger partial charge < -0.3 is 4.74 Å². The highest BCUT2D eigenvalue weighted by Crippen LogP contribution is 2.29. The minimum absolute atomic E-state index is 0.497. The van der Waals surface area contributed by atoms with Crippen molar-refractivity contribution in [1.29, 1.82) is 0 Å². The molecule has 2 rings (SSSR count). The minimum Gasteiger partial charge on any atom is -0.489 e. The number of benzene rings is 1. The van der Waals surface area contributed by atoms with E-state index in [1.54, 1.807) is 6.20 Å². The molecule has 0 radical (unpaired) electrons. The quantitative estimate of drug-likeness (QED) is 0.729. The summed E-state index contributed by atoms with van der Waals surface area (Å²) in [6.07, 6.45) is 2.79. The van der Waals surface area contributed by atoms with Crippen molar-refractivity contribution in [3.63, 3.8) is 0 Å². The van der Waals surface area contributed by atoms with Gasteiger partial charge >= 0.3 is 0 Å². The maximum atomic E-state index is 5.91. The van der Waals surface area contributed by atoms with Crippen LogP contribution < -0.4 is 4.74 Å². The zero-order chi connectivity index (χ0) is 13.7. The molecule has 0 aliphatic rings. The van der Waals surface area contributed by atoms with Gasteiger partial charge in [-0.1, -0.05) is 43.6 Å². The number of aromatic nitrogens is 1. The van der Waals surface area contributed by atoms with Crippen LogP contribution in [0.15, 0.2) is 42.6 Å². The molecular weight excluding hydrogens is 258 g/mol. The zero-order valence-electron chi connectivity index (χ0n) is 11.3. The number of rotatable bonds is 5. The van der Waals surface area contributed by atoms with Gasteiger partial charge in [0.15, 0.2) is 0 Å². The Bertz CT molecular complexity index is 542. The molecule has 100 valence electrons. The largest absolute Gasteiger partial charge is 0.489 e. The van der Waals surface area contributed by atoms with Gasteiger partial charge in [0.05, 0.1) is 0 Å². The lowest BCUT2D eigenvalue weighted by Crippen LogP contribution is -2.01. The summed E-state index contributed by atoms with van der Waals surface area (Å²) in [5.74, 6) is 1.45. The van der Waals surface area contributed by atoms with Crippen molar-refractivity contribution < 1.29 is 4.74 Å². The van der Waals surface area contributed by atoms with Crippen LogP contribution in [-0.2, 0) is 6.61 Å². The van der Waals surface area contributed by atoms with E-state index in [1.807, 2.05) is 24.3 Å². The first-order valence-corrected chi connectivity index (χ1v) is 6.90. The van der Waals surface area contributed by atoms with Crippen LogP contribution in [0.2, 0.25) is 5.15 Å². The van der Waals surface area contributed by atoms with Crippen molar-refractivity contribution in [2.24, 2.45) is 0 Å². The molecule has 2 aromatic rings. The maximum Gasteiger partial charge on any atom is 0.129 e. The SMILES string of the molecule is CCC(C)c1ccccc1OCc1ccnc(Cl)c1. The molecule has 2 nitrogen and oxygen atoms in total. The maximum absolute atomic E-state index is 5.91. The van der Waals surface area contributed by atoms with Crippen LogP contribution >= 0.6 is 11.6 Å². The summed E-state index contributed by atoms with van der Waals surface area (Å²) in [5.41, 5.74) is 2.28. The van der Waals surface area contributed by atoms with E-state index in [2.05, 4.69) is 31.0 Å². The molecule has 1 heterocycles. The van der Waals surface area contributed by atoms with E-state index in [9.17, 15) is 0 Å². The Balaban J connectivity index is 2.11. The number of hydrogen-bond acceptors (Lipinski definition) is 2. The van der Waals surface area contributed by atoms with E-state index in [1.165, 1.54) is 5.56 Å². The van der Waals surface area contributed by atoms with Crippen LogP contribution in [0.25, 0.3) is 0 Å². The number of ether oxygens (including phenoxy) is 1. The molecule has 0 amide bonds. The molecule has 0 saturated carbocycles. The molecule has 1 atom stereocenters. The van der Waals surface area contributed by atoms with Gasteiger partial charge in [0.2, 0.25) is 0 Å². The molecule has 0 aliphatic heterocycles. The van der Waals surface area contributed by atoms with E-state index < -0.39 is 0 Å². The fourth-order valence-corrected chi connectivity index (χ4v) is 2.13. The smallest absolute Gasteiger partial charge is 0.129 e. The normalized spacial score (nSPS) is 12.2. The fraction of sp³-hybridized carbons (Fsp3) is 0.312. The average molecular weight is 276 g/mol. The zero-order valence-corrected chi connectivity index (χ0v) is 12.0. The van der Waals surface area contributed by atoms with E-state index >= 15 is 0 Å². The molecule has 1 aromatic heterocycles. The molecule has 0 aliphatic carbocycles. The predicted molar refractivity (Wildman–Crippen MR) is 78.7 cm³/mol. The lowest BCUT2D eigenvalue weighted by Gasteiger charge is -2.15. The standard InChI is InChI=1S/C16H18ClNO/c1-3-12(2)14-6-4-5-7-15(14)19-11-13-8-9-18-16(17)10-13/h4-10,12H,3,11H2,1-2H3. The van der Waals surface area contributed by atoms with Crippen molar-refractivity contribution in [2.45, 2.75) is 32.8 Å². The lowest BCUT2D eigenvalue weighted by molar-refractivity contribution is 0.301. The molecule has 0 spiro atoms. The summed E-state index contributed by atoms with van der Waals surface area (Å²) in [7, 11) is 0. The molecule has 0 bridgehead atoms. The lowest BCUT2D eigenvalue weighted by atomic mass is 9.98. The summed E-state index contributed by atoms with van der Waals surface area (Å²) in [5, 5.41) is 0.497. The average Bonchev–Trinajstić information content (AvgIpc) is 2.45. The van der Waals surface area contributed by atoms with Gasteiger partial charge in [0, 0.05) is 6.20 Å². The van der Waals surface area contributed by atoms with Crippen LogP contribution in [-0.4, -0.2) is 4.98 Å². The first kappa shape index (κ1) is 13.9. The second-order valence-electron chi connectivity index (χ2n) is 4.62. The number of nitrogens with zero attached hydrogens (tertiary/aromatic N) is 1. The van der Waals surface area contributed by atoms with Crippen LogP contribution in [0.4, 0.5) is 0 Å². The van der Waals surface area contributed by atoms with Crippen LogP contribution in [0.1, 0.15) is 37.3 Å². The molecule has 1 aromatic carbocycles. The Hall–Kier alpha value is -1.54. The molecule has 0 N–H and O–H groups in total. The summed E-state index contributed by atoms with van der Waals surface area (Å²) in [6, 6.07) is 11.9. The Labute approximate surface area is 119 Å². The summed E-state index contributed by atoms with van der Waals surface area (Å²) in [4.78, 5) is 3.96. The highest BCUT2D eigenvalue weighted by molar-refractivity contribution is 6.29. The van der Waals surface area contributed by atoms with Gasteiger partial charge in [-0.25, -0.2) is 4.98 Å². The van der Waals surface area contributed by atoms with Crippen molar-refractivity contribution >= 4 is 11.6 Å². The fourth-order valence-electron chi connectivity index (χ4n) is 1.93. The highest BCUT2D eigenvalue weighted by atomic mass is 35.5. The second kappa shape index (κ2) is 6.58. The third kappa shape index (κ3) is 3.71. The van der Waals surface area contributed by atoms with Gasteiger partial charge in [-0.15, -0.1) is 0 Å². The predicted octanol–water partition coefficient (Wildman–Crippen LogP) is 4.83. The minimum atomic E-state index is 0.497. The Morgan fingerprint density at radius 3 is 2.79 bits per heavy atom. The Morgan fingerprint density at radius 1 is 1.26 bits per heavy atom. The van der Waals surface area contributed by atoms with Gasteiger partial charge in [0.25, 0.3) is 0 Å². The van der Waals surface area contributed by atoms with Crippen molar-refractivity contribution in [1.82, 2.24) is 4.98 Å². The highest BCUT2D eigenvalue weighted by Gasteiger charge is 2.09. The van der Waals surface area contributed by atoms with E-state index in [0.29, 0.717) is 17.7 Å². The molecule has 3 heteroatoms. The van der Waals surface area contributed by atoms with E-state index in [-0.39, 0.29) is 0 Å². The topological polar surface area (TPSA) is 22.1 Å². The number of para-hydroxylation sites is 1. The second-order valence-corrected chi connectivity index (χ2v) is 5.01. The van der Waals surface area contributed by atoms with Crippen LogP contribution in [0.5, 0.6) is 5.75 Å². The molecule has 0 saturated heterocycles. The first-order chi connectivity index (χ1) is 9.20. The number of halogens is 1. The monoisotopic (exact) mass is 275 g/mol. The third-order valence-corrected chi connectivity index (χ3v) is 3.45. The molecule has 19 heavy (non-hydrogen) atoms. The van der Waals surface area contributed by atoms with Gasteiger partial charge in [-0.2, -0.15) is 0 Å². The van der Waals surface area contributed by atoms with Gasteiger partial charge in [-0.05, 0) is 41.7 Å². The van der Waals surface area contributed by atoms with Crippen LogP contribution in [0, 0.1) is 0 Å². The number of pyridine rings is 1. The van der Waals surface area contributed by atoms with Crippen molar-refractivity contribution in [3.05, 3.63) is 58.9 Å². The first-order valence-electron chi connectivity index (χ1n) is 6.53. The van der Waals surface area contributed by atoms with Gasteiger partial charge in [-0.3, -0.25) is 0 Å². The summed E-state index contributed by atoms with van der Waals surface area (Å²) in [6.45, 7) is 4.91.